The van der Waals surface area contributed by atoms with E-state index < -0.39 is 11.7 Å². The van der Waals surface area contributed by atoms with E-state index in [9.17, 15) is 18.0 Å². The summed E-state index contributed by atoms with van der Waals surface area (Å²) in [6.45, 7) is 6.12. The number of nitrogens with zero attached hydrogens (tertiary/aromatic N) is 2. The molecule has 0 saturated carbocycles. The molecule has 166 valence electrons. The fourth-order valence-corrected chi connectivity index (χ4v) is 3.27. The number of oxime groups is 1. The summed E-state index contributed by atoms with van der Waals surface area (Å²) in [7, 11) is 0. The van der Waals surface area contributed by atoms with Gasteiger partial charge in [0.15, 0.2) is 6.10 Å². The van der Waals surface area contributed by atoms with E-state index in [1.54, 1.807) is 4.90 Å². The van der Waals surface area contributed by atoms with Gasteiger partial charge in [-0.2, -0.15) is 13.2 Å². The van der Waals surface area contributed by atoms with Crippen molar-refractivity contribution in [3.63, 3.8) is 0 Å². The summed E-state index contributed by atoms with van der Waals surface area (Å²) in [6.07, 6.45) is -4.18. The molecule has 1 N–H and O–H groups in total. The first-order chi connectivity index (χ1) is 14.6. The highest BCUT2D eigenvalue weighted by atomic mass is 19.4. The number of halogens is 3. The largest absolute Gasteiger partial charge is 0.416 e. The molecular weight excluding hydrogens is 407 g/mol. The van der Waals surface area contributed by atoms with Gasteiger partial charge in [0.2, 0.25) is 0 Å². The van der Waals surface area contributed by atoms with E-state index in [2.05, 4.69) is 10.5 Å². The van der Waals surface area contributed by atoms with Gasteiger partial charge in [-0.3, -0.25) is 0 Å². The monoisotopic (exact) mass is 433 g/mol. The van der Waals surface area contributed by atoms with Crippen molar-refractivity contribution in [2.24, 2.45) is 5.16 Å². The van der Waals surface area contributed by atoms with Gasteiger partial charge in [0.25, 0.3) is 0 Å². The number of aryl methyl sites for hydroxylation is 1. The van der Waals surface area contributed by atoms with Crippen molar-refractivity contribution in [1.82, 2.24) is 10.2 Å². The van der Waals surface area contributed by atoms with Crippen LogP contribution in [0.1, 0.15) is 42.5 Å². The summed E-state index contributed by atoms with van der Waals surface area (Å²) in [5.41, 5.74) is 2.81. The number of urea groups is 1. The molecule has 0 aliphatic carbocycles. The van der Waals surface area contributed by atoms with E-state index in [1.165, 1.54) is 12.1 Å². The molecule has 0 saturated heterocycles. The minimum Gasteiger partial charge on any atom is -0.390 e. The minimum absolute atomic E-state index is 0.0773. The summed E-state index contributed by atoms with van der Waals surface area (Å²) in [6, 6.07) is 12.4. The van der Waals surface area contributed by atoms with Crippen molar-refractivity contribution >= 4 is 11.7 Å². The van der Waals surface area contributed by atoms with Crippen molar-refractivity contribution in [3.8, 4) is 0 Å². The third-order valence-corrected chi connectivity index (χ3v) is 4.90. The van der Waals surface area contributed by atoms with Gasteiger partial charge in [-0.15, -0.1) is 0 Å². The van der Waals surface area contributed by atoms with Crippen molar-refractivity contribution in [2.45, 2.75) is 52.1 Å². The first kappa shape index (κ1) is 22.7. The van der Waals surface area contributed by atoms with Crippen LogP contribution in [0, 0.1) is 6.92 Å². The zero-order chi connectivity index (χ0) is 22.6. The zero-order valence-corrected chi connectivity index (χ0v) is 17.7. The standard InChI is InChI=1S/C23H26F3N3O2/c1-15(2)27-22(30)29(13-17-6-10-19(11-7-17)23(24,25)26)14-20-12-21(28-31-20)18-8-4-16(3)5-9-18/h4-11,15,20H,12-14H2,1-3H3,(H,27,30)/t20-/m1/s1. The second-order valence-electron chi connectivity index (χ2n) is 8.01. The van der Waals surface area contributed by atoms with Crippen LogP contribution in [0.25, 0.3) is 0 Å². The Morgan fingerprint density at radius 1 is 1.16 bits per heavy atom. The maximum atomic E-state index is 12.8. The van der Waals surface area contributed by atoms with E-state index in [0.29, 0.717) is 12.0 Å². The molecule has 1 atom stereocenters. The predicted molar refractivity (Wildman–Crippen MR) is 113 cm³/mol. The normalized spacial score (nSPS) is 16.1. The molecule has 2 aromatic rings. The maximum absolute atomic E-state index is 12.8. The zero-order valence-electron chi connectivity index (χ0n) is 17.7. The van der Waals surface area contributed by atoms with Crippen LogP contribution in [0.3, 0.4) is 0 Å². The molecule has 0 unspecified atom stereocenters. The average Bonchev–Trinajstić information content (AvgIpc) is 3.16. The quantitative estimate of drug-likeness (QED) is 0.687. The number of rotatable bonds is 6. The Hall–Kier alpha value is -3.03. The van der Waals surface area contributed by atoms with Crippen LogP contribution in [-0.4, -0.2) is 35.3 Å². The van der Waals surface area contributed by atoms with E-state index in [4.69, 9.17) is 4.84 Å². The summed E-state index contributed by atoms with van der Waals surface area (Å²) < 4.78 is 38.5. The second-order valence-corrected chi connectivity index (χ2v) is 8.01. The molecule has 3 rings (SSSR count). The molecule has 1 heterocycles. The lowest BCUT2D eigenvalue weighted by Gasteiger charge is -2.26. The number of hydrogen-bond donors (Lipinski definition) is 1. The highest BCUT2D eigenvalue weighted by Gasteiger charge is 2.30. The lowest BCUT2D eigenvalue weighted by molar-refractivity contribution is -0.137. The lowest BCUT2D eigenvalue weighted by atomic mass is 10.0. The van der Waals surface area contributed by atoms with E-state index in [-0.39, 0.29) is 31.3 Å². The fourth-order valence-electron chi connectivity index (χ4n) is 3.27. The van der Waals surface area contributed by atoms with Gasteiger partial charge >= 0.3 is 12.2 Å². The number of nitrogens with one attached hydrogen (secondary N) is 1. The van der Waals surface area contributed by atoms with Gasteiger partial charge in [0, 0.05) is 19.0 Å². The van der Waals surface area contributed by atoms with Gasteiger partial charge in [-0.25, -0.2) is 4.79 Å². The molecular formula is C23H26F3N3O2. The number of alkyl halides is 3. The number of carbonyl (C=O) groups is 1. The summed E-state index contributed by atoms with van der Waals surface area (Å²) >= 11 is 0. The Morgan fingerprint density at radius 3 is 2.39 bits per heavy atom. The van der Waals surface area contributed by atoms with E-state index in [0.717, 1.165) is 29.0 Å². The minimum atomic E-state index is -4.39. The van der Waals surface area contributed by atoms with E-state index in [1.807, 2.05) is 45.0 Å². The third-order valence-electron chi connectivity index (χ3n) is 4.90. The molecule has 8 heteroatoms. The maximum Gasteiger partial charge on any atom is 0.416 e. The van der Waals surface area contributed by atoms with Gasteiger partial charge in [-0.05, 0) is 44.0 Å². The molecule has 1 aliphatic heterocycles. The first-order valence-electron chi connectivity index (χ1n) is 10.1. The predicted octanol–water partition coefficient (Wildman–Crippen LogP) is 5.13. The Balaban J connectivity index is 1.68. The Kier molecular flexibility index (Phi) is 6.87. The smallest absolute Gasteiger partial charge is 0.390 e. The van der Waals surface area contributed by atoms with Crippen molar-refractivity contribution < 1.29 is 22.8 Å². The van der Waals surface area contributed by atoms with Crippen molar-refractivity contribution in [2.75, 3.05) is 6.54 Å². The molecule has 0 fully saturated rings. The van der Waals surface area contributed by atoms with Crippen molar-refractivity contribution in [1.29, 1.82) is 0 Å². The second kappa shape index (κ2) is 9.41. The van der Waals surface area contributed by atoms with Crippen LogP contribution in [-0.2, 0) is 17.6 Å². The first-order valence-corrected chi connectivity index (χ1v) is 10.1. The van der Waals surface area contributed by atoms with Crippen LogP contribution in [0.4, 0.5) is 18.0 Å². The Bertz CT molecular complexity index is 923. The van der Waals surface area contributed by atoms with Crippen LogP contribution in [0.5, 0.6) is 0 Å². The van der Waals surface area contributed by atoms with Crippen LogP contribution < -0.4 is 5.32 Å². The number of amides is 2. The highest BCUT2D eigenvalue weighted by Crippen LogP contribution is 2.29. The molecule has 2 amide bonds. The molecule has 0 radical (unpaired) electrons. The lowest BCUT2D eigenvalue weighted by Crippen LogP contribution is -2.45. The SMILES string of the molecule is Cc1ccc(C2=NO[C@@H](CN(Cc3ccc(C(F)(F)F)cc3)C(=O)NC(C)C)C2)cc1. The van der Waals surface area contributed by atoms with Crippen molar-refractivity contribution in [3.05, 3.63) is 70.8 Å². The third kappa shape index (κ3) is 6.23. The van der Waals surface area contributed by atoms with Gasteiger partial charge < -0.3 is 15.1 Å². The molecule has 2 aromatic carbocycles. The molecule has 0 aromatic heterocycles. The summed E-state index contributed by atoms with van der Waals surface area (Å²) in [5.74, 6) is 0. The van der Waals surface area contributed by atoms with E-state index >= 15 is 0 Å². The Morgan fingerprint density at radius 2 is 1.81 bits per heavy atom. The molecule has 1 aliphatic rings. The molecule has 31 heavy (non-hydrogen) atoms. The van der Waals surface area contributed by atoms with Gasteiger partial charge in [0.05, 0.1) is 17.8 Å². The van der Waals surface area contributed by atoms with Gasteiger partial charge in [-0.1, -0.05) is 47.1 Å². The highest BCUT2D eigenvalue weighted by molar-refractivity contribution is 6.01. The number of benzene rings is 2. The molecule has 5 nitrogen and oxygen atoms in total. The fraction of sp³-hybridized carbons (Fsp3) is 0.391. The van der Waals surface area contributed by atoms with Gasteiger partial charge in [0.1, 0.15) is 0 Å². The average molecular weight is 433 g/mol. The number of carbonyl (C=O) groups excluding carboxylic acids is 1. The summed E-state index contributed by atoms with van der Waals surface area (Å²) in [5, 5.41) is 7.01. The topological polar surface area (TPSA) is 53.9 Å². The van der Waals surface area contributed by atoms with Crippen LogP contribution in [0.15, 0.2) is 53.7 Å². The molecule has 0 spiro atoms. The van der Waals surface area contributed by atoms with Crippen LogP contribution in [0.2, 0.25) is 0 Å². The molecule has 0 bridgehead atoms. The Labute approximate surface area is 179 Å². The summed E-state index contributed by atoms with van der Waals surface area (Å²) in [4.78, 5) is 19.8. The number of hydrogen-bond acceptors (Lipinski definition) is 3. The van der Waals surface area contributed by atoms with Crippen LogP contribution >= 0.6 is 0 Å².